The fraction of sp³-hybridized carbons (Fsp3) is 1.00. The van der Waals surface area contributed by atoms with E-state index in [1.165, 1.54) is 38.8 Å². The molecule has 1 saturated heterocycles. The van der Waals surface area contributed by atoms with E-state index in [2.05, 4.69) is 18.7 Å². The van der Waals surface area contributed by atoms with Crippen LogP contribution >= 0.6 is 0 Å². The smallest absolute Gasteiger partial charge is 0.0284 e. The largest absolute Gasteiger partial charge is 0.324 e. The third-order valence-electron chi connectivity index (χ3n) is 4.01. The molecule has 2 N–H and O–H groups in total. The average Bonchev–Trinajstić information content (AvgIpc) is 2.84. The molecule has 0 unspecified atom stereocenters. The summed E-state index contributed by atoms with van der Waals surface area (Å²) in [4.78, 5) is 2.58. The zero-order valence-corrected chi connectivity index (χ0v) is 9.63. The van der Waals surface area contributed by atoms with Gasteiger partial charge < -0.3 is 10.6 Å². The van der Waals surface area contributed by atoms with Gasteiger partial charge in [-0.1, -0.05) is 13.8 Å². The Morgan fingerprint density at radius 2 is 1.86 bits per heavy atom. The molecule has 2 aliphatic rings. The Bertz CT molecular complexity index is 188. The molecular weight excluding hydrogens is 172 g/mol. The molecule has 0 amide bonds. The zero-order chi connectivity index (χ0) is 10.2. The van der Waals surface area contributed by atoms with Crippen molar-refractivity contribution in [3.8, 4) is 0 Å². The topological polar surface area (TPSA) is 29.3 Å². The van der Waals surface area contributed by atoms with Crippen LogP contribution in [0.3, 0.4) is 0 Å². The predicted molar refractivity (Wildman–Crippen MR) is 60.2 cm³/mol. The van der Waals surface area contributed by atoms with Gasteiger partial charge in [-0.3, -0.25) is 0 Å². The van der Waals surface area contributed by atoms with Crippen LogP contribution in [-0.4, -0.2) is 30.1 Å². The summed E-state index contributed by atoms with van der Waals surface area (Å²) in [5.41, 5.74) is 6.34. The molecule has 0 atom stereocenters. The number of rotatable bonds is 3. The van der Waals surface area contributed by atoms with E-state index in [0.29, 0.717) is 0 Å². The second-order valence-corrected chi connectivity index (χ2v) is 5.72. The fourth-order valence-corrected chi connectivity index (χ4v) is 2.54. The van der Waals surface area contributed by atoms with Gasteiger partial charge in [0, 0.05) is 12.1 Å². The van der Waals surface area contributed by atoms with Crippen molar-refractivity contribution in [2.45, 2.75) is 45.1 Å². The number of hydrogen-bond acceptors (Lipinski definition) is 2. The molecule has 2 heteroatoms. The summed E-state index contributed by atoms with van der Waals surface area (Å²) in [6, 6.07) is 0. The van der Waals surface area contributed by atoms with Gasteiger partial charge in [-0.15, -0.1) is 0 Å². The van der Waals surface area contributed by atoms with E-state index >= 15 is 0 Å². The van der Waals surface area contributed by atoms with Crippen LogP contribution in [0.25, 0.3) is 0 Å². The van der Waals surface area contributed by atoms with E-state index in [0.717, 1.165) is 18.4 Å². The molecule has 1 saturated carbocycles. The lowest BCUT2D eigenvalue weighted by Gasteiger charge is -2.35. The molecule has 1 aliphatic carbocycles. The highest BCUT2D eigenvalue weighted by atomic mass is 15.2. The Morgan fingerprint density at radius 1 is 1.29 bits per heavy atom. The highest BCUT2D eigenvalue weighted by Gasteiger charge is 2.40. The second kappa shape index (κ2) is 3.82. The van der Waals surface area contributed by atoms with Crippen LogP contribution in [0.15, 0.2) is 0 Å². The van der Waals surface area contributed by atoms with Crippen LogP contribution in [0.2, 0.25) is 0 Å². The van der Waals surface area contributed by atoms with Gasteiger partial charge in [-0.25, -0.2) is 0 Å². The minimum absolute atomic E-state index is 0.213. The summed E-state index contributed by atoms with van der Waals surface area (Å²) in [5.74, 6) is 1.82. The minimum atomic E-state index is 0.213. The van der Waals surface area contributed by atoms with Crippen LogP contribution in [0, 0.1) is 11.8 Å². The number of piperidine rings is 1. The fourth-order valence-electron chi connectivity index (χ4n) is 2.54. The third-order valence-corrected chi connectivity index (χ3v) is 4.01. The maximum atomic E-state index is 6.13. The first-order valence-electron chi connectivity index (χ1n) is 6.10. The molecule has 0 bridgehead atoms. The first-order valence-corrected chi connectivity index (χ1v) is 6.10. The number of nitrogens with two attached hydrogens (primary N) is 1. The highest BCUT2D eigenvalue weighted by Crippen LogP contribution is 2.34. The van der Waals surface area contributed by atoms with Crippen molar-refractivity contribution < 1.29 is 0 Å². The molecule has 0 aromatic rings. The SMILES string of the molecule is CC(C)C1CCN(CC2(N)CC2)CC1. The highest BCUT2D eigenvalue weighted by molar-refractivity contribution is 5.01. The molecule has 0 radical (unpaired) electrons. The minimum Gasteiger partial charge on any atom is -0.324 e. The normalized spacial score (nSPS) is 28.3. The van der Waals surface area contributed by atoms with Crippen LogP contribution in [0.1, 0.15) is 39.5 Å². The number of hydrogen-bond donors (Lipinski definition) is 1. The van der Waals surface area contributed by atoms with Gasteiger partial charge in [-0.05, 0) is 50.6 Å². The van der Waals surface area contributed by atoms with Crippen LogP contribution in [0.5, 0.6) is 0 Å². The molecule has 2 rings (SSSR count). The molecule has 2 fully saturated rings. The molecule has 1 heterocycles. The second-order valence-electron chi connectivity index (χ2n) is 5.72. The Morgan fingerprint density at radius 3 is 2.29 bits per heavy atom. The standard InChI is InChI=1S/C12H24N2/c1-10(2)11-3-7-14(8-4-11)9-12(13)5-6-12/h10-11H,3-9,13H2,1-2H3. The van der Waals surface area contributed by atoms with Gasteiger partial charge in [-0.2, -0.15) is 0 Å². The van der Waals surface area contributed by atoms with E-state index in [1.807, 2.05) is 0 Å². The van der Waals surface area contributed by atoms with Crippen molar-refractivity contribution in [3.63, 3.8) is 0 Å². The van der Waals surface area contributed by atoms with E-state index in [-0.39, 0.29) is 5.54 Å². The summed E-state index contributed by atoms with van der Waals surface area (Å²) in [6.07, 6.45) is 5.26. The molecular formula is C12H24N2. The number of likely N-dealkylation sites (tertiary alicyclic amines) is 1. The van der Waals surface area contributed by atoms with Gasteiger partial charge >= 0.3 is 0 Å². The predicted octanol–water partition coefficient (Wildman–Crippen LogP) is 1.85. The lowest BCUT2D eigenvalue weighted by molar-refractivity contribution is 0.148. The maximum Gasteiger partial charge on any atom is 0.0284 e. The average molecular weight is 196 g/mol. The van der Waals surface area contributed by atoms with E-state index in [9.17, 15) is 0 Å². The summed E-state index contributed by atoms with van der Waals surface area (Å²) in [5, 5.41) is 0. The summed E-state index contributed by atoms with van der Waals surface area (Å²) >= 11 is 0. The maximum absolute atomic E-state index is 6.13. The van der Waals surface area contributed by atoms with Crippen molar-refractivity contribution >= 4 is 0 Å². The van der Waals surface area contributed by atoms with Gasteiger partial charge in [0.1, 0.15) is 0 Å². The molecule has 0 spiro atoms. The molecule has 0 aromatic carbocycles. The van der Waals surface area contributed by atoms with Crippen molar-refractivity contribution in [1.29, 1.82) is 0 Å². The van der Waals surface area contributed by atoms with Crippen molar-refractivity contribution in [2.75, 3.05) is 19.6 Å². The van der Waals surface area contributed by atoms with E-state index < -0.39 is 0 Å². The van der Waals surface area contributed by atoms with Crippen LogP contribution in [-0.2, 0) is 0 Å². The summed E-state index contributed by atoms with van der Waals surface area (Å²) in [6.45, 7) is 8.42. The Kier molecular flexibility index (Phi) is 2.85. The number of nitrogens with zero attached hydrogens (tertiary/aromatic N) is 1. The first-order chi connectivity index (χ1) is 6.59. The van der Waals surface area contributed by atoms with Gasteiger partial charge in [0.25, 0.3) is 0 Å². The summed E-state index contributed by atoms with van der Waals surface area (Å²) in [7, 11) is 0. The van der Waals surface area contributed by atoms with Crippen molar-refractivity contribution in [1.82, 2.24) is 4.90 Å². The Hall–Kier alpha value is -0.0800. The molecule has 0 aromatic heterocycles. The van der Waals surface area contributed by atoms with Crippen LogP contribution in [0.4, 0.5) is 0 Å². The van der Waals surface area contributed by atoms with Gasteiger partial charge in [0.15, 0.2) is 0 Å². The zero-order valence-electron chi connectivity index (χ0n) is 9.63. The quantitative estimate of drug-likeness (QED) is 0.746. The Labute approximate surface area is 87.8 Å². The van der Waals surface area contributed by atoms with Crippen molar-refractivity contribution in [3.05, 3.63) is 0 Å². The third kappa shape index (κ3) is 2.48. The molecule has 2 nitrogen and oxygen atoms in total. The lowest BCUT2D eigenvalue weighted by Crippen LogP contribution is -2.43. The monoisotopic (exact) mass is 196 g/mol. The van der Waals surface area contributed by atoms with Crippen LogP contribution < -0.4 is 5.73 Å². The van der Waals surface area contributed by atoms with E-state index in [1.54, 1.807) is 0 Å². The van der Waals surface area contributed by atoms with Crippen molar-refractivity contribution in [2.24, 2.45) is 17.6 Å². The van der Waals surface area contributed by atoms with Gasteiger partial charge in [0.2, 0.25) is 0 Å². The lowest BCUT2D eigenvalue weighted by atomic mass is 9.86. The molecule has 82 valence electrons. The summed E-state index contributed by atoms with van der Waals surface area (Å²) < 4.78 is 0. The Balaban J connectivity index is 1.73. The molecule has 1 aliphatic heterocycles. The molecule has 14 heavy (non-hydrogen) atoms. The van der Waals surface area contributed by atoms with Gasteiger partial charge in [0.05, 0.1) is 0 Å². The first kappa shape index (κ1) is 10.4. The van der Waals surface area contributed by atoms with E-state index in [4.69, 9.17) is 5.73 Å².